The fourth-order valence-corrected chi connectivity index (χ4v) is 2.43. The van der Waals surface area contributed by atoms with Gasteiger partial charge in [0.05, 0.1) is 0 Å². The summed E-state index contributed by atoms with van der Waals surface area (Å²) < 4.78 is 1.05. The number of carbonyl (C=O) groups excluding carboxylic acids is 2. The molecule has 0 saturated heterocycles. The van der Waals surface area contributed by atoms with E-state index in [0.717, 1.165) is 10.9 Å². The maximum Gasteiger partial charge on any atom is 0.223 e. The zero-order valence-corrected chi connectivity index (χ0v) is 12.2. The van der Waals surface area contributed by atoms with Gasteiger partial charge >= 0.3 is 0 Å². The SMILES string of the molecule is NC(=O)CCCNC(=O)[C@H]1C[C@@H]1c1ccc(Br)cc1. The Morgan fingerprint density at radius 2 is 2.00 bits per heavy atom. The first-order valence-corrected chi connectivity index (χ1v) is 7.18. The summed E-state index contributed by atoms with van der Waals surface area (Å²) in [4.78, 5) is 22.4. The third-order valence-electron chi connectivity index (χ3n) is 3.32. The summed E-state index contributed by atoms with van der Waals surface area (Å²) in [5.41, 5.74) is 6.25. The number of halogens is 1. The molecular weight excluding hydrogens is 308 g/mol. The van der Waals surface area contributed by atoms with E-state index >= 15 is 0 Å². The van der Waals surface area contributed by atoms with Gasteiger partial charge in [-0.05, 0) is 36.5 Å². The first-order valence-electron chi connectivity index (χ1n) is 6.39. The molecule has 1 aromatic rings. The van der Waals surface area contributed by atoms with Gasteiger partial charge in [-0.15, -0.1) is 0 Å². The molecule has 0 bridgehead atoms. The zero-order chi connectivity index (χ0) is 13.8. The van der Waals surface area contributed by atoms with Gasteiger partial charge in [0.2, 0.25) is 11.8 Å². The van der Waals surface area contributed by atoms with E-state index in [1.165, 1.54) is 5.56 Å². The van der Waals surface area contributed by atoms with E-state index in [0.29, 0.717) is 25.3 Å². The van der Waals surface area contributed by atoms with E-state index in [-0.39, 0.29) is 17.7 Å². The van der Waals surface area contributed by atoms with Crippen molar-refractivity contribution in [1.29, 1.82) is 0 Å². The third-order valence-corrected chi connectivity index (χ3v) is 3.85. The summed E-state index contributed by atoms with van der Waals surface area (Å²) in [5, 5.41) is 2.86. The molecule has 0 spiro atoms. The summed E-state index contributed by atoms with van der Waals surface area (Å²) in [6.45, 7) is 0.519. The van der Waals surface area contributed by atoms with Crippen LogP contribution in [0.3, 0.4) is 0 Å². The predicted octanol–water partition coefficient (Wildman–Crippen LogP) is 1.93. The van der Waals surface area contributed by atoms with Crippen molar-refractivity contribution in [2.75, 3.05) is 6.54 Å². The molecule has 1 aliphatic rings. The number of primary amides is 1. The Morgan fingerprint density at radius 3 is 2.63 bits per heavy atom. The highest BCUT2D eigenvalue weighted by Gasteiger charge is 2.43. The van der Waals surface area contributed by atoms with Gasteiger partial charge in [-0.1, -0.05) is 28.1 Å². The van der Waals surface area contributed by atoms with Crippen molar-refractivity contribution in [2.24, 2.45) is 11.7 Å². The van der Waals surface area contributed by atoms with Crippen LogP contribution in [0, 0.1) is 5.92 Å². The molecule has 1 saturated carbocycles. The number of nitrogens with one attached hydrogen (secondary N) is 1. The molecule has 1 aliphatic carbocycles. The largest absolute Gasteiger partial charge is 0.370 e. The Labute approximate surface area is 120 Å². The minimum atomic E-state index is -0.326. The second-order valence-electron chi connectivity index (χ2n) is 4.86. The molecule has 0 aromatic heterocycles. The maximum absolute atomic E-state index is 11.9. The van der Waals surface area contributed by atoms with Gasteiger partial charge in [0, 0.05) is 23.4 Å². The second kappa shape index (κ2) is 6.19. The molecule has 4 nitrogen and oxygen atoms in total. The molecular formula is C14H17BrN2O2. The predicted molar refractivity (Wildman–Crippen MR) is 76.4 cm³/mol. The molecule has 0 radical (unpaired) electrons. The molecule has 3 N–H and O–H groups in total. The fourth-order valence-electron chi connectivity index (χ4n) is 2.17. The monoisotopic (exact) mass is 324 g/mol. The van der Waals surface area contributed by atoms with E-state index in [1.54, 1.807) is 0 Å². The summed E-state index contributed by atoms with van der Waals surface area (Å²) in [7, 11) is 0. The van der Waals surface area contributed by atoms with Crippen LogP contribution in [-0.4, -0.2) is 18.4 Å². The van der Waals surface area contributed by atoms with Crippen LogP contribution in [0.25, 0.3) is 0 Å². The lowest BCUT2D eigenvalue weighted by molar-refractivity contribution is -0.123. The van der Waals surface area contributed by atoms with Crippen LogP contribution < -0.4 is 11.1 Å². The van der Waals surface area contributed by atoms with E-state index in [9.17, 15) is 9.59 Å². The lowest BCUT2D eigenvalue weighted by atomic mass is 10.1. The van der Waals surface area contributed by atoms with Gasteiger partial charge in [0.15, 0.2) is 0 Å². The quantitative estimate of drug-likeness (QED) is 0.785. The first-order chi connectivity index (χ1) is 9.08. The molecule has 2 atom stereocenters. The maximum atomic E-state index is 11.9. The molecule has 2 amide bonds. The molecule has 2 rings (SSSR count). The fraction of sp³-hybridized carbons (Fsp3) is 0.429. The van der Waals surface area contributed by atoms with Crippen molar-refractivity contribution < 1.29 is 9.59 Å². The molecule has 1 aromatic carbocycles. The van der Waals surface area contributed by atoms with Gasteiger partial charge in [-0.3, -0.25) is 9.59 Å². The topological polar surface area (TPSA) is 72.2 Å². The number of nitrogens with two attached hydrogens (primary N) is 1. The number of amides is 2. The molecule has 19 heavy (non-hydrogen) atoms. The number of hydrogen-bond acceptors (Lipinski definition) is 2. The molecule has 0 aliphatic heterocycles. The van der Waals surface area contributed by atoms with Gasteiger partial charge < -0.3 is 11.1 Å². The zero-order valence-electron chi connectivity index (χ0n) is 10.6. The normalized spacial score (nSPS) is 20.9. The van der Waals surface area contributed by atoms with Gasteiger partial charge in [0.1, 0.15) is 0 Å². The average Bonchev–Trinajstić information content (AvgIpc) is 3.15. The van der Waals surface area contributed by atoms with Crippen LogP contribution in [0.2, 0.25) is 0 Å². The van der Waals surface area contributed by atoms with Crippen LogP contribution in [0.15, 0.2) is 28.7 Å². The lowest BCUT2D eigenvalue weighted by Gasteiger charge is -2.04. The number of carbonyl (C=O) groups is 2. The Bertz CT molecular complexity index is 473. The summed E-state index contributed by atoms with van der Waals surface area (Å²) in [5.74, 6) is 0.171. The molecule has 102 valence electrons. The standard InChI is InChI=1S/C14H17BrN2O2/c15-10-5-3-9(4-6-10)11-8-12(11)14(19)17-7-1-2-13(16)18/h3-6,11-12H,1-2,7-8H2,(H2,16,18)(H,17,19)/t11-,12+/m1/s1. The van der Waals surface area contributed by atoms with Crippen molar-refractivity contribution >= 4 is 27.7 Å². The van der Waals surface area contributed by atoms with E-state index in [1.807, 2.05) is 12.1 Å². The van der Waals surface area contributed by atoms with Crippen LogP contribution in [0.5, 0.6) is 0 Å². The van der Waals surface area contributed by atoms with Crippen molar-refractivity contribution in [3.05, 3.63) is 34.3 Å². The van der Waals surface area contributed by atoms with E-state index in [2.05, 4.69) is 33.4 Å². The van der Waals surface area contributed by atoms with Crippen molar-refractivity contribution in [1.82, 2.24) is 5.32 Å². The van der Waals surface area contributed by atoms with Crippen LogP contribution in [0.4, 0.5) is 0 Å². The Balaban J connectivity index is 1.74. The van der Waals surface area contributed by atoms with E-state index in [4.69, 9.17) is 5.73 Å². The highest BCUT2D eigenvalue weighted by molar-refractivity contribution is 9.10. The smallest absolute Gasteiger partial charge is 0.223 e. The summed E-state index contributed by atoms with van der Waals surface area (Å²) in [6.07, 6.45) is 1.83. The Kier molecular flexibility index (Phi) is 4.58. The highest BCUT2D eigenvalue weighted by atomic mass is 79.9. The molecule has 0 unspecified atom stereocenters. The minimum Gasteiger partial charge on any atom is -0.370 e. The van der Waals surface area contributed by atoms with Gasteiger partial charge in [-0.25, -0.2) is 0 Å². The van der Waals surface area contributed by atoms with Crippen LogP contribution in [-0.2, 0) is 9.59 Å². The summed E-state index contributed by atoms with van der Waals surface area (Å²) >= 11 is 3.40. The number of rotatable bonds is 6. The minimum absolute atomic E-state index is 0.0785. The van der Waals surface area contributed by atoms with Crippen molar-refractivity contribution in [3.8, 4) is 0 Å². The molecule has 1 fully saturated rings. The lowest BCUT2D eigenvalue weighted by Crippen LogP contribution is -2.27. The Morgan fingerprint density at radius 1 is 1.32 bits per heavy atom. The van der Waals surface area contributed by atoms with Crippen LogP contribution >= 0.6 is 15.9 Å². The van der Waals surface area contributed by atoms with Crippen molar-refractivity contribution in [3.63, 3.8) is 0 Å². The molecule has 5 heteroatoms. The Hall–Kier alpha value is -1.36. The number of hydrogen-bond donors (Lipinski definition) is 2. The number of benzene rings is 1. The first kappa shape index (κ1) is 14.1. The van der Waals surface area contributed by atoms with Crippen LogP contribution in [0.1, 0.15) is 30.7 Å². The summed E-state index contributed by atoms with van der Waals surface area (Å²) in [6, 6.07) is 8.09. The average molecular weight is 325 g/mol. The van der Waals surface area contributed by atoms with Gasteiger partial charge in [-0.2, -0.15) is 0 Å². The highest BCUT2D eigenvalue weighted by Crippen LogP contribution is 2.47. The third kappa shape index (κ3) is 4.06. The molecule has 0 heterocycles. The second-order valence-corrected chi connectivity index (χ2v) is 5.78. The van der Waals surface area contributed by atoms with Gasteiger partial charge in [0.25, 0.3) is 0 Å². The van der Waals surface area contributed by atoms with E-state index < -0.39 is 0 Å². The van der Waals surface area contributed by atoms with Crippen molar-refractivity contribution in [2.45, 2.75) is 25.2 Å².